The molecular weight excluding hydrogens is 254 g/mol. The van der Waals surface area contributed by atoms with Gasteiger partial charge in [0.2, 0.25) is 0 Å². The molecule has 2 aromatic rings. The van der Waals surface area contributed by atoms with Crippen molar-refractivity contribution in [2.75, 3.05) is 12.3 Å². The van der Waals surface area contributed by atoms with Crippen LogP contribution in [0.15, 0.2) is 30.6 Å². The number of nitrogen functional groups attached to an aromatic ring is 1. The first-order valence-corrected chi connectivity index (χ1v) is 6.77. The van der Waals surface area contributed by atoms with Crippen molar-refractivity contribution in [1.29, 1.82) is 0 Å². The van der Waals surface area contributed by atoms with Gasteiger partial charge in [0.15, 0.2) is 5.69 Å². The molecule has 0 fully saturated rings. The van der Waals surface area contributed by atoms with Gasteiger partial charge in [0.1, 0.15) is 5.82 Å². The summed E-state index contributed by atoms with van der Waals surface area (Å²) < 4.78 is 6.83. The third kappa shape index (κ3) is 2.05. The van der Waals surface area contributed by atoms with Crippen LogP contribution in [0.3, 0.4) is 0 Å². The van der Waals surface area contributed by atoms with E-state index in [1.807, 2.05) is 16.7 Å². The summed E-state index contributed by atoms with van der Waals surface area (Å²) in [5.74, 6) is -0.0690. The Balaban J connectivity index is 1.85. The molecule has 1 aromatic carbocycles. The lowest BCUT2D eigenvalue weighted by atomic mass is 10.1. The topological polar surface area (TPSA) is 70.1 Å². The fraction of sp³-hybridized carbons (Fsp3) is 0.333. The Morgan fingerprint density at radius 2 is 2.05 bits per heavy atom. The van der Waals surface area contributed by atoms with E-state index in [1.165, 1.54) is 11.1 Å². The molecule has 1 heterocycles. The van der Waals surface area contributed by atoms with E-state index in [4.69, 9.17) is 10.5 Å². The van der Waals surface area contributed by atoms with Crippen LogP contribution in [0.2, 0.25) is 0 Å². The molecule has 0 radical (unpaired) electrons. The number of carbonyl (C=O) groups is 1. The molecule has 0 saturated heterocycles. The fourth-order valence-electron chi connectivity index (χ4n) is 2.75. The third-order valence-electron chi connectivity index (χ3n) is 3.72. The molecule has 1 aliphatic carbocycles. The lowest BCUT2D eigenvalue weighted by Crippen LogP contribution is -2.13. The van der Waals surface area contributed by atoms with Crippen molar-refractivity contribution < 1.29 is 9.53 Å². The first-order valence-electron chi connectivity index (χ1n) is 6.77. The van der Waals surface area contributed by atoms with Crippen LogP contribution in [0.5, 0.6) is 0 Å². The van der Waals surface area contributed by atoms with Gasteiger partial charge in [-0.25, -0.2) is 9.78 Å². The minimum atomic E-state index is -0.459. The van der Waals surface area contributed by atoms with Gasteiger partial charge >= 0.3 is 5.97 Å². The molecule has 5 nitrogen and oxygen atoms in total. The van der Waals surface area contributed by atoms with Crippen molar-refractivity contribution in [3.63, 3.8) is 0 Å². The van der Waals surface area contributed by atoms with Crippen molar-refractivity contribution >= 4 is 11.8 Å². The Hall–Kier alpha value is -2.30. The molecule has 5 heteroatoms. The number of nitrogens with two attached hydrogens (primary N) is 1. The average molecular weight is 271 g/mol. The van der Waals surface area contributed by atoms with Gasteiger partial charge in [-0.05, 0) is 30.9 Å². The van der Waals surface area contributed by atoms with Crippen LogP contribution in [0.1, 0.15) is 34.6 Å². The van der Waals surface area contributed by atoms with Crippen molar-refractivity contribution in [2.24, 2.45) is 0 Å². The van der Waals surface area contributed by atoms with Gasteiger partial charge in [-0.1, -0.05) is 24.3 Å². The zero-order chi connectivity index (χ0) is 14.1. The summed E-state index contributed by atoms with van der Waals surface area (Å²) in [4.78, 5) is 15.8. The van der Waals surface area contributed by atoms with E-state index >= 15 is 0 Å². The fourth-order valence-corrected chi connectivity index (χ4v) is 2.75. The molecule has 0 bridgehead atoms. The highest BCUT2D eigenvalue weighted by atomic mass is 16.5. The number of rotatable bonds is 3. The molecular formula is C15H17N3O2. The molecule has 0 saturated carbocycles. The Morgan fingerprint density at radius 3 is 2.65 bits per heavy atom. The number of nitrogens with zero attached hydrogens (tertiary/aromatic N) is 2. The number of ether oxygens (including phenoxy) is 1. The van der Waals surface area contributed by atoms with Gasteiger partial charge in [-0.15, -0.1) is 0 Å². The van der Waals surface area contributed by atoms with Gasteiger partial charge < -0.3 is 15.0 Å². The molecule has 3 rings (SSSR count). The maximum Gasteiger partial charge on any atom is 0.360 e. The van der Waals surface area contributed by atoms with E-state index in [0.717, 1.165) is 12.8 Å². The number of esters is 1. The number of hydrogen-bond donors (Lipinski definition) is 1. The summed E-state index contributed by atoms with van der Waals surface area (Å²) >= 11 is 0. The average Bonchev–Trinajstić information content (AvgIpc) is 3.01. The van der Waals surface area contributed by atoms with Crippen LogP contribution in [0, 0.1) is 0 Å². The second-order valence-electron chi connectivity index (χ2n) is 4.94. The maximum absolute atomic E-state index is 11.7. The number of hydrogen-bond acceptors (Lipinski definition) is 4. The lowest BCUT2D eigenvalue weighted by Gasteiger charge is -2.13. The van der Waals surface area contributed by atoms with Crippen LogP contribution < -0.4 is 5.73 Å². The summed E-state index contributed by atoms with van der Waals surface area (Å²) in [5.41, 5.74) is 8.93. The van der Waals surface area contributed by atoms with Crippen LogP contribution >= 0.6 is 0 Å². The number of fused-ring (bicyclic) bond motifs is 1. The van der Waals surface area contributed by atoms with E-state index in [9.17, 15) is 4.79 Å². The van der Waals surface area contributed by atoms with Crippen LogP contribution in [-0.4, -0.2) is 22.1 Å². The molecule has 1 aromatic heterocycles. The van der Waals surface area contributed by atoms with Crippen molar-refractivity contribution in [2.45, 2.75) is 25.8 Å². The monoisotopic (exact) mass is 271 g/mol. The van der Waals surface area contributed by atoms with Crippen molar-refractivity contribution in [1.82, 2.24) is 9.55 Å². The second-order valence-corrected chi connectivity index (χ2v) is 4.94. The molecule has 0 unspecified atom stereocenters. The summed E-state index contributed by atoms with van der Waals surface area (Å²) in [6.07, 6.45) is 3.47. The summed E-state index contributed by atoms with van der Waals surface area (Å²) in [5, 5.41) is 0. The largest absolute Gasteiger partial charge is 0.461 e. The first-order chi connectivity index (χ1) is 9.70. The Morgan fingerprint density at radius 1 is 1.40 bits per heavy atom. The van der Waals surface area contributed by atoms with Gasteiger partial charge in [0, 0.05) is 6.04 Å². The normalized spacial score (nSPS) is 14.2. The van der Waals surface area contributed by atoms with Gasteiger partial charge in [0.05, 0.1) is 12.9 Å². The summed E-state index contributed by atoms with van der Waals surface area (Å²) in [7, 11) is 0. The zero-order valence-electron chi connectivity index (χ0n) is 11.4. The zero-order valence-corrected chi connectivity index (χ0v) is 11.4. The minimum Gasteiger partial charge on any atom is -0.461 e. The van der Waals surface area contributed by atoms with Gasteiger partial charge in [0.25, 0.3) is 0 Å². The number of benzene rings is 1. The van der Waals surface area contributed by atoms with Crippen molar-refractivity contribution in [3.8, 4) is 0 Å². The minimum absolute atomic E-state index is 0.211. The number of carbonyl (C=O) groups excluding carboxylic acids is 1. The number of aromatic nitrogens is 2. The summed E-state index contributed by atoms with van der Waals surface area (Å²) in [6.45, 7) is 2.08. The Bertz CT molecular complexity index is 623. The predicted octanol–water partition coefficient (Wildman–Crippen LogP) is 1.98. The standard InChI is InChI=1S/C15H17N3O2/c1-2-20-15(19)13-14(16)18(9-17-13)12-7-10-5-3-4-6-11(10)8-12/h3-6,9,12H,2,7-8,16H2,1H3. The third-order valence-corrected chi connectivity index (χ3v) is 3.72. The molecule has 0 amide bonds. The summed E-state index contributed by atoms with van der Waals surface area (Å²) in [6, 6.07) is 8.58. The number of anilines is 1. The second kappa shape index (κ2) is 5.00. The smallest absolute Gasteiger partial charge is 0.360 e. The molecule has 0 aliphatic heterocycles. The lowest BCUT2D eigenvalue weighted by molar-refractivity contribution is 0.0521. The van der Waals surface area contributed by atoms with E-state index < -0.39 is 5.97 Å². The Kier molecular flexibility index (Phi) is 3.18. The van der Waals surface area contributed by atoms with E-state index in [-0.39, 0.29) is 11.7 Å². The highest BCUT2D eigenvalue weighted by Crippen LogP contribution is 2.32. The van der Waals surface area contributed by atoms with Crippen LogP contribution in [0.25, 0.3) is 0 Å². The molecule has 104 valence electrons. The van der Waals surface area contributed by atoms with E-state index in [2.05, 4.69) is 17.1 Å². The number of imidazole rings is 1. The SMILES string of the molecule is CCOC(=O)c1ncn(C2Cc3ccccc3C2)c1N. The maximum atomic E-state index is 11.7. The Labute approximate surface area is 117 Å². The quantitative estimate of drug-likeness (QED) is 0.867. The van der Waals surface area contributed by atoms with E-state index in [1.54, 1.807) is 13.3 Å². The van der Waals surface area contributed by atoms with E-state index in [0.29, 0.717) is 12.4 Å². The predicted molar refractivity (Wildman–Crippen MR) is 75.5 cm³/mol. The molecule has 20 heavy (non-hydrogen) atoms. The van der Waals surface area contributed by atoms with Crippen LogP contribution in [0.4, 0.5) is 5.82 Å². The molecule has 0 spiro atoms. The van der Waals surface area contributed by atoms with Crippen LogP contribution in [-0.2, 0) is 17.6 Å². The highest BCUT2D eigenvalue weighted by Gasteiger charge is 2.26. The highest BCUT2D eigenvalue weighted by molar-refractivity contribution is 5.92. The molecule has 2 N–H and O–H groups in total. The van der Waals surface area contributed by atoms with Gasteiger partial charge in [-0.2, -0.15) is 0 Å². The van der Waals surface area contributed by atoms with Gasteiger partial charge in [-0.3, -0.25) is 0 Å². The van der Waals surface area contributed by atoms with Crippen molar-refractivity contribution in [3.05, 3.63) is 47.4 Å². The molecule has 0 atom stereocenters. The first kappa shape index (κ1) is 12.7. The molecule has 1 aliphatic rings.